The van der Waals surface area contributed by atoms with Crippen LogP contribution >= 0.6 is 0 Å². The van der Waals surface area contributed by atoms with Crippen molar-refractivity contribution in [2.45, 2.75) is 38.8 Å². The standard InChI is InChI=1S/C20H29N3O2/c1-17(11-12-18-8-4-3-5-9-18)23-20(21-2)22-13-7-14-24-16-19-10-6-15-25-19/h3-6,8-10,15,17H,7,11-14,16H2,1-2H3,(H2,21,22,23). The summed E-state index contributed by atoms with van der Waals surface area (Å²) in [5.74, 6) is 1.70. The summed E-state index contributed by atoms with van der Waals surface area (Å²) in [5.41, 5.74) is 1.37. The molecule has 1 aromatic heterocycles. The van der Waals surface area contributed by atoms with Gasteiger partial charge in [0.1, 0.15) is 12.4 Å². The molecule has 1 aromatic carbocycles. The van der Waals surface area contributed by atoms with Crippen LogP contribution in [0.2, 0.25) is 0 Å². The number of hydrogen-bond acceptors (Lipinski definition) is 3. The normalized spacial score (nSPS) is 12.8. The molecule has 1 unspecified atom stereocenters. The number of aryl methyl sites for hydroxylation is 1. The average molecular weight is 343 g/mol. The van der Waals surface area contributed by atoms with Crippen LogP contribution in [0, 0.1) is 0 Å². The van der Waals surface area contributed by atoms with Crippen LogP contribution in [0.15, 0.2) is 58.1 Å². The van der Waals surface area contributed by atoms with Gasteiger partial charge in [0, 0.05) is 26.2 Å². The Hall–Kier alpha value is -2.27. The molecule has 2 rings (SSSR count). The van der Waals surface area contributed by atoms with Gasteiger partial charge in [-0.05, 0) is 43.9 Å². The van der Waals surface area contributed by atoms with Gasteiger partial charge >= 0.3 is 0 Å². The fourth-order valence-corrected chi connectivity index (χ4v) is 2.48. The second kappa shape index (κ2) is 11.3. The molecule has 0 fully saturated rings. The van der Waals surface area contributed by atoms with Gasteiger partial charge < -0.3 is 19.8 Å². The second-order valence-corrected chi connectivity index (χ2v) is 6.05. The van der Waals surface area contributed by atoms with Crippen molar-refractivity contribution in [1.82, 2.24) is 10.6 Å². The predicted molar refractivity (Wildman–Crippen MR) is 102 cm³/mol. The highest BCUT2D eigenvalue weighted by atomic mass is 16.5. The number of guanidine groups is 1. The van der Waals surface area contributed by atoms with E-state index in [4.69, 9.17) is 9.15 Å². The molecule has 1 heterocycles. The van der Waals surface area contributed by atoms with Crippen molar-refractivity contribution in [1.29, 1.82) is 0 Å². The Morgan fingerprint density at radius 3 is 2.76 bits per heavy atom. The Balaban J connectivity index is 1.55. The van der Waals surface area contributed by atoms with Gasteiger partial charge in [-0.25, -0.2) is 0 Å². The van der Waals surface area contributed by atoms with Gasteiger partial charge in [-0.15, -0.1) is 0 Å². The smallest absolute Gasteiger partial charge is 0.191 e. The Morgan fingerprint density at radius 1 is 1.20 bits per heavy atom. The Labute approximate surface area is 150 Å². The van der Waals surface area contributed by atoms with Crippen molar-refractivity contribution in [3.8, 4) is 0 Å². The minimum Gasteiger partial charge on any atom is -0.467 e. The van der Waals surface area contributed by atoms with Crippen molar-refractivity contribution in [2.24, 2.45) is 4.99 Å². The number of nitrogens with zero attached hydrogens (tertiary/aromatic N) is 1. The van der Waals surface area contributed by atoms with E-state index in [-0.39, 0.29) is 0 Å². The molecule has 0 bridgehead atoms. The summed E-state index contributed by atoms with van der Waals surface area (Å²) in [7, 11) is 1.80. The number of aliphatic imine (C=N–C) groups is 1. The molecule has 1 atom stereocenters. The van der Waals surface area contributed by atoms with Gasteiger partial charge in [0.05, 0.1) is 6.26 Å². The molecule has 136 valence electrons. The fraction of sp³-hybridized carbons (Fsp3) is 0.450. The lowest BCUT2D eigenvalue weighted by Crippen LogP contribution is -2.42. The maximum atomic E-state index is 5.57. The average Bonchev–Trinajstić information content (AvgIpc) is 3.16. The summed E-state index contributed by atoms with van der Waals surface area (Å²) in [4.78, 5) is 4.28. The van der Waals surface area contributed by atoms with Gasteiger partial charge in [0.25, 0.3) is 0 Å². The molecule has 0 saturated carbocycles. The van der Waals surface area contributed by atoms with Gasteiger partial charge in [0.2, 0.25) is 0 Å². The second-order valence-electron chi connectivity index (χ2n) is 6.05. The largest absolute Gasteiger partial charge is 0.467 e. The van der Waals surface area contributed by atoms with Crippen LogP contribution < -0.4 is 10.6 Å². The van der Waals surface area contributed by atoms with Gasteiger partial charge in [-0.1, -0.05) is 30.3 Å². The maximum Gasteiger partial charge on any atom is 0.191 e. The zero-order valence-corrected chi connectivity index (χ0v) is 15.2. The van der Waals surface area contributed by atoms with Crippen LogP contribution in [0.1, 0.15) is 31.1 Å². The van der Waals surface area contributed by atoms with Crippen molar-refractivity contribution >= 4 is 5.96 Å². The fourth-order valence-electron chi connectivity index (χ4n) is 2.48. The first-order valence-corrected chi connectivity index (χ1v) is 8.89. The highest BCUT2D eigenvalue weighted by molar-refractivity contribution is 5.79. The SMILES string of the molecule is CN=C(NCCCOCc1ccco1)NC(C)CCc1ccccc1. The molecular weight excluding hydrogens is 314 g/mol. The number of benzene rings is 1. The molecule has 0 aliphatic carbocycles. The van der Waals surface area contributed by atoms with E-state index in [1.54, 1.807) is 13.3 Å². The summed E-state index contributed by atoms with van der Waals surface area (Å²) >= 11 is 0. The summed E-state index contributed by atoms with van der Waals surface area (Å²) in [6.07, 6.45) is 4.71. The van der Waals surface area contributed by atoms with E-state index in [0.29, 0.717) is 19.3 Å². The van der Waals surface area contributed by atoms with E-state index < -0.39 is 0 Å². The van der Waals surface area contributed by atoms with E-state index in [9.17, 15) is 0 Å². The molecule has 5 heteroatoms. The Morgan fingerprint density at radius 2 is 2.04 bits per heavy atom. The van der Waals surface area contributed by atoms with Crippen LogP contribution in [0.5, 0.6) is 0 Å². The topological polar surface area (TPSA) is 58.8 Å². The Kier molecular flexibility index (Phi) is 8.63. The number of hydrogen-bond donors (Lipinski definition) is 2. The van der Waals surface area contributed by atoms with Crippen molar-refractivity contribution < 1.29 is 9.15 Å². The molecule has 2 N–H and O–H groups in total. The van der Waals surface area contributed by atoms with Crippen LogP contribution in [0.25, 0.3) is 0 Å². The zero-order valence-electron chi connectivity index (χ0n) is 15.2. The first-order valence-electron chi connectivity index (χ1n) is 8.89. The molecular formula is C20H29N3O2. The molecule has 0 aliphatic heterocycles. The number of nitrogens with one attached hydrogen (secondary N) is 2. The van der Waals surface area contributed by atoms with E-state index in [0.717, 1.165) is 37.5 Å². The van der Waals surface area contributed by atoms with E-state index in [1.165, 1.54) is 5.56 Å². The zero-order chi connectivity index (χ0) is 17.7. The lowest BCUT2D eigenvalue weighted by molar-refractivity contribution is 0.105. The summed E-state index contributed by atoms with van der Waals surface area (Å²) in [5, 5.41) is 6.76. The summed E-state index contributed by atoms with van der Waals surface area (Å²) in [6, 6.07) is 14.7. The third kappa shape index (κ3) is 7.90. The third-order valence-electron chi connectivity index (χ3n) is 3.90. The van der Waals surface area contributed by atoms with E-state index in [1.807, 2.05) is 12.1 Å². The summed E-state index contributed by atoms with van der Waals surface area (Å²) < 4.78 is 10.8. The lowest BCUT2D eigenvalue weighted by Gasteiger charge is -2.18. The molecule has 2 aromatic rings. The van der Waals surface area contributed by atoms with Crippen LogP contribution in [0.3, 0.4) is 0 Å². The minimum absolute atomic E-state index is 0.363. The highest BCUT2D eigenvalue weighted by Gasteiger charge is 2.05. The molecule has 0 saturated heterocycles. The first kappa shape index (κ1) is 19.1. The highest BCUT2D eigenvalue weighted by Crippen LogP contribution is 2.05. The quantitative estimate of drug-likeness (QED) is 0.394. The monoisotopic (exact) mass is 343 g/mol. The lowest BCUT2D eigenvalue weighted by atomic mass is 10.1. The van der Waals surface area contributed by atoms with Crippen molar-refractivity contribution in [3.05, 3.63) is 60.1 Å². The number of ether oxygens (including phenoxy) is 1. The molecule has 25 heavy (non-hydrogen) atoms. The van der Waals surface area contributed by atoms with Crippen LogP contribution in [-0.2, 0) is 17.8 Å². The first-order chi connectivity index (χ1) is 12.3. The molecule has 5 nitrogen and oxygen atoms in total. The maximum absolute atomic E-state index is 5.57. The van der Waals surface area contributed by atoms with Crippen LogP contribution in [-0.4, -0.2) is 32.2 Å². The number of furan rings is 1. The van der Waals surface area contributed by atoms with E-state index in [2.05, 4.69) is 52.9 Å². The molecule has 0 amide bonds. The third-order valence-corrected chi connectivity index (χ3v) is 3.90. The number of rotatable bonds is 10. The van der Waals surface area contributed by atoms with E-state index >= 15 is 0 Å². The van der Waals surface area contributed by atoms with Crippen molar-refractivity contribution in [2.75, 3.05) is 20.2 Å². The Bertz CT molecular complexity index is 597. The molecule has 0 radical (unpaired) electrons. The van der Waals surface area contributed by atoms with Gasteiger partial charge in [-0.3, -0.25) is 4.99 Å². The van der Waals surface area contributed by atoms with Crippen molar-refractivity contribution in [3.63, 3.8) is 0 Å². The minimum atomic E-state index is 0.363. The summed E-state index contributed by atoms with van der Waals surface area (Å²) in [6.45, 7) is 4.22. The molecule has 0 spiro atoms. The molecule has 0 aliphatic rings. The van der Waals surface area contributed by atoms with Crippen LogP contribution in [0.4, 0.5) is 0 Å². The van der Waals surface area contributed by atoms with Gasteiger partial charge in [0.15, 0.2) is 5.96 Å². The van der Waals surface area contributed by atoms with Gasteiger partial charge in [-0.2, -0.15) is 0 Å². The predicted octanol–water partition coefficient (Wildman–Crippen LogP) is 3.37.